The summed E-state index contributed by atoms with van der Waals surface area (Å²) in [7, 11) is 5.65. The molecule has 0 amide bonds. The van der Waals surface area contributed by atoms with E-state index in [-0.39, 0.29) is 23.7 Å². The van der Waals surface area contributed by atoms with Gasteiger partial charge in [0.15, 0.2) is 0 Å². The lowest BCUT2D eigenvalue weighted by Gasteiger charge is -2.26. The van der Waals surface area contributed by atoms with Crippen molar-refractivity contribution in [2.45, 2.75) is 63.3 Å². The highest BCUT2D eigenvalue weighted by Crippen LogP contribution is 2.54. The van der Waals surface area contributed by atoms with E-state index in [1.807, 2.05) is 37.2 Å². The molecule has 7 nitrogen and oxygen atoms in total. The van der Waals surface area contributed by atoms with Crippen molar-refractivity contribution in [2.75, 3.05) is 34.4 Å². The molecule has 1 N–H and O–H groups in total. The Morgan fingerprint density at radius 2 is 1.82 bits per heavy atom. The molecule has 2 aromatic carbocycles. The fraction of sp³-hybridized carbons (Fsp3) is 0.515. The lowest BCUT2D eigenvalue weighted by molar-refractivity contribution is -0.149. The maximum atomic E-state index is 13.5. The lowest BCUT2D eigenvalue weighted by Crippen LogP contribution is -2.27. The summed E-state index contributed by atoms with van der Waals surface area (Å²) in [5.74, 6) is 0.260. The molecular weight excluding hydrogens is 504 g/mol. The highest BCUT2D eigenvalue weighted by molar-refractivity contribution is 5.98. The molecular formula is C33H40N2O5. The van der Waals surface area contributed by atoms with Gasteiger partial charge >= 0.3 is 11.9 Å². The smallest absolute Gasteiger partial charge is 0.335 e. The van der Waals surface area contributed by atoms with Crippen molar-refractivity contribution in [3.05, 3.63) is 53.1 Å². The number of benzene rings is 2. The van der Waals surface area contributed by atoms with Gasteiger partial charge < -0.3 is 24.0 Å². The summed E-state index contributed by atoms with van der Waals surface area (Å²) < 4.78 is 13.9. The molecule has 0 bridgehead atoms. The largest absolute Gasteiger partial charge is 0.497 e. The normalized spacial score (nSPS) is 22.4. The van der Waals surface area contributed by atoms with E-state index in [0.29, 0.717) is 24.6 Å². The van der Waals surface area contributed by atoms with Crippen LogP contribution in [0, 0.1) is 11.8 Å². The number of carbonyl (C=O) groups is 2. The highest BCUT2D eigenvalue weighted by Gasteiger charge is 2.46. The molecule has 3 atom stereocenters. The second-order valence-electron chi connectivity index (χ2n) is 12.1. The van der Waals surface area contributed by atoms with Crippen LogP contribution >= 0.6 is 0 Å². The fourth-order valence-corrected chi connectivity index (χ4v) is 7.64. The molecule has 3 aliphatic rings. The van der Waals surface area contributed by atoms with Gasteiger partial charge in [-0.1, -0.05) is 25.3 Å². The third-order valence-electron chi connectivity index (χ3n) is 9.53. The maximum Gasteiger partial charge on any atom is 0.335 e. The fourth-order valence-electron chi connectivity index (χ4n) is 7.64. The number of methoxy groups -OCH3 is 1. The predicted octanol–water partition coefficient (Wildman–Crippen LogP) is 6.29. The Kier molecular flexibility index (Phi) is 7.34. The van der Waals surface area contributed by atoms with Crippen LogP contribution in [0.2, 0.25) is 0 Å². The number of fused-ring (bicyclic) bond motifs is 7. The molecule has 1 aliphatic heterocycles. The van der Waals surface area contributed by atoms with Crippen LogP contribution < -0.4 is 4.74 Å². The van der Waals surface area contributed by atoms with Crippen LogP contribution in [0.25, 0.3) is 22.2 Å². The van der Waals surface area contributed by atoms with Gasteiger partial charge in [-0.3, -0.25) is 4.79 Å². The molecule has 0 radical (unpaired) electrons. The summed E-state index contributed by atoms with van der Waals surface area (Å²) in [4.78, 5) is 27.5. The predicted molar refractivity (Wildman–Crippen MR) is 155 cm³/mol. The summed E-state index contributed by atoms with van der Waals surface area (Å²) >= 11 is 0. The molecule has 6 rings (SSSR count). The van der Waals surface area contributed by atoms with E-state index in [4.69, 9.17) is 9.47 Å². The number of hydrogen-bond acceptors (Lipinski definition) is 5. The molecule has 2 fully saturated rings. The zero-order chi connectivity index (χ0) is 28.0. The number of aromatic carboxylic acids is 1. The van der Waals surface area contributed by atoms with Gasteiger partial charge in [0, 0.05) is 35.5 Å². The third kappa shape index (κ3) is 4.68. The number of likely N-dealkylation sites (N-methyl/N-ethyl adjacent to an activating group) is 1. The quantitative estimate of drug-likeness (QED) is 0.352. The van der Waals surface area contributed by atoms with Gasteiger partial charge in [-0.2, -0.15) is 0 Å². The first-order chi connectivity index (χ1) is 19.4. The summed E-state index contributed by atoms with van der Waals surface area (Å²) in [6.07, 6.45) is 7.70. The molecule has 3 aromatic rings. The van der Waals surface area contributed by atoms with Crippen molar-refractivity contribution in [1.29, 1.82) is 0 Å². The first-order valence-electron chi connectivity index (χ1n) is 14.8. The van der Waals surface area contributed by atoms with E-state index >= 15 is 0 Å². The van der Waals surface area contributed by atoms with Crippen molar-refractivity contribution in [1.82, 2.24) is 9.47 Å². The lowest BCUT2D eigenvalue weighted by atomic mass is 9.78. The molecule has 40 heavy (non-hydrogen) atoms. The van der Waals surface area contributed by atoms with Crippen LogP contribution in [0.1, 0.15) is 78.3 Å². The van der Waals surface area contributed by atoms with E-state index in [9.17, 15) is 14.7 Å². The van der Waals surface area contributed by atoms with Gasteiger partial charge in [0.2, 0.25) is 0 Å². The van der Waals surface area contributed by atoms with E-state index in [2.05, 4.69) is 16.7 Å². The zero-order valence-corrected chi connectivity index (χ0v) is 23.8. The SMILES string of the molecule is COc1ccc2c(c1)[C@@H]1C(C(=O)OCCN(C)C)CC[C@H]1Cn1c-2c(C2CCCCC2)c2ccc(C(=O)O)cc21. The average Bonchev–Trinajstić information content (AvgIpc) is 3.48. The van der Waals surface area contributed by atoms with Gasteiger partial charge in [-0.15, -0.1) is 0 Å². The van der Waals surface area contributed by atoms with Crippen molar-refractivity contribution >= 4 is 22.8 Å². The van der Waals surface area contributed by atoms with Crippen molar-refractivity contribution in [3.63, 3.8) is 0 Å². The topological polar surface area (TPSA) is 81.0 Å². The molecule has 7 heteroatoms. The molecule has 2 saturated carbocycles. The van der Waals surface area contributed by atoms with Crippen molar-refractivity contribution in [2.24, 2.45) is 11.8 Å². The van der Waals surface area contributed by atoms with Gasteiger partial charge in [0.05, 0.1) is 24.3 Å². The molecule has 0 spiro atoms. The van der Waals surface area contributed by atoms with Crippen molar-refractivity contribution in [3.8, 4) is 17.0 Å². The molecule has 2 heterocycles. The monoisotopic (exact) mass is 544 g/mol. The number of nitrogens with zero attached hydrogens (tertiary/aromatic N) is 2. The molecule has 1 unspecified atom stereocenters. The van der Waals surface area contributed by atoms with E-state index in [1.165, 1.54) is 35.9 Å². The first-order valence-corrected chi connectivity index (χ1v) is 14.8. The van der Waals surface area contributed by atoms with E-state index < -0.39 is 5.97 Å². The standard InChI is InChI=1S/C33H40N2O5/c1-34(2)15-16-40-33(38)26-13-10-22-19-35-28-17-21(32(36)37)9-12-25(28)30(20-7-5-4-6-8-20)31(35)24-14-11-23(39-3)18-27(24)29(22)26/h9,11-12,14,17-18,20,22,26,29H,4-8,10,13,15-16,19H2,1-3H3,(H,36,37)/t22-,26?,29-/m0/s1. The maximum absolute atomic E-state index is 13.5. The van der Waals surface area contributed by atoms with Crippen LogP contribution in [0.15, 0.2) is 36.4 Å². The van der Waals surface area contributed by atoms with Crippen LogP contribution in [-0.4, -0.2) is 60.9 Å². The number of carboxylic acids is 1. The minimum absolute atomic E-state index is 0.0220. The number of carboxylic acid groups (broad SMARTS) is 1. The van der Waals surface area contributed by atoms with E-state index in [0.717, 1.165) is 54.6 Å². The number of carbonyl (C=O) groups excluding carboxylic acids is 1. The van der Waals surface area contributed by atoms with Crippen LogP contribution in [-0.2, 0) is 16.1 Å². The summed E-state index contributed by atoms with van der Waals surface area (Å²) in [5.41, 5.74) is 6.17. The van der Waals surface area contributed by atoms with Gasteiger partial charge in [-0.25, -0.2) is 4.79 Å². The number of ether oxygens (including phenoxy) is 2. The molecule has 0 saturated heterocycles. The Morgan fingerprint density at radius 1 is 1.02 bits per heavy atom. The zero-order valence-electron chi connectivity index (χ0n) is 23.8. The molecule has 212 valence electrons. The average molecular weight is 545 g/mol. The van der Waals surface area contributed by atoms with E-state index in [1.54, 1.807) is 13.2 Å². The second kappa shape index (κ2) is 10.9. The second-order valence-corrected chi connectivity index (χ2v) is 12.1. The number of aromatic nitrogens is 1. The van der Waals surface area contributed by atoms with Gasteiger partial charge in [-0.05, 0) is 93.1 Å². The summed E-state index contributed by atoms with van der Waals surface area (Å²) in [6, 6.07) is 12.0. The Morgan fingerprint density at radius 3 is 2.55 bits per heavy atom. The van der Waals surface area contributed by atoms with Crippen LogP contribution in [0.4, 0.5) is 0 Å². The van der Waals surface area contributed by atoms with Gasteiger partial charge in [0.25, 0.3) is 0 Å². The Bertz CT molecular complexity index is 1430. The Labute approximate surface area is 236 Å². The third-order valence-corrected chi connectivity index (χ3v) is 9.53. The van der Waals surface area contributed by atoms with Crippen LogP contribution in [0.5, 0.6) is 5.75 Å². The van der Waals surface area contributed by atoms with Crippen LogP contribution in [0.3, 0.4) is 0 Å². The minimum atomic E-state index is -0.908. The Balaban J connectivity index is 1.53. The molecule has 1 aromatic heterocycles. The number of rotatable bonds is 7. The molecule has 2 aliphatic carbocycles. The Hall–Kier alpha value is -3.32. The number of esters is 1. The highest BCUT2D eigenvalue weighted by atomic mass is 16.5. The van der Waals surface area contributed by atoms with Gasteiger partial charge in [0.1, 0.15) is 12.4 Å². The minimum Gasteiger partial charge on any atom is -0.497 e. The summed E-state index contributed by atoms with van der Waals surface area (Å²) in [6.45, 7) is 1.84. The van der Waals surface area contributed by atoms with Crippen molar-refractivity contribution < 1.29 is 24.2 Å². The summed E-state index contributed by atoms with van der Waals surface area (Å²) in [5, 5.41) is 11.0. The number of hydrogen-bond donors (Lipinski definition) is 1. The first kappa shape index (κ1) is 26.9.